The zero-order valence-corrected chi connectivity index (χ0v) is 16.6. The lowest BCUT2D eigenvalue weighted by Crippen LogP contribution is -2.52. The Bertz CT molecular complexity index is 700. The lowest BCUT2D eigenvalue weighted by molar-refractivity contribution is -0.384. The Kier molecular flexibility index (Phi) is 8.50. The van der Waals surface area contributed by atoms with Gasteiger partial charge >= 0.3 is 11.9 Å². The molecule has 0 unspecified atom stereocenters. The molecule has 0 radical (unpaired) electrons. The predicted molar refractivity (Wildman–Crippen MR) is 106 cm³/mol. The monoisotopic (exact) mass is 408 g/mol. The van der Waals surface area contributed by atoms with Crippen molar-refractivity contribution in [3.05, 3.63) is 39.9 Å². The third-order valence-electron chi connectivity index (χ3n) is 5.32. The number of hydrogen-bond acceptors (Lipinski definition) is 7. The number of carboxylic acids is 2. The van der Waals surface area contributed by atoms with E-state index in [1.165, 1.54) is 39.0 Å². The number of likely N-dealkylation sites (tertiary alicyclic amines) is 1. The van der Waals surface area contributed by atoms with Crippen LogP contribution in [-0.2, 0) is 16.1 Å². The molecule has 3 rings (SSSR count). The summed E-state index contributed by atoms with van der Waals surface area (Å²) in [6.07, 6.45) is 2.41. The zero-order chi connectivity index (χ0) is 21.4. The van der Waals surface area contributed by atoms with Crippen LogP contribution < -0.4 is 0 Å². The van der Waals surface area contributed by atoms with Crippen molar-refractivity contribution in [1.82, 2.24) is 14.7 Å². The maximum atomic E-state index is 10.9. The molecule has 2 fully saturated rings. The first-order chi connectivity index (χ1) is 13.8. The fourth-order valence-electron chi connectivity index (χ4n) is 3.66. The Morgan fingerprint density at radius 1 is 1.07 bits per heavy atom. The van der Waals surface area contributed by atoms with Gasteiger partial charge in [-0.15, -0.1) is 0 Å². The number of nitro benzene ring substituents is 1. The Labute approximate surface area is 169 Å². The van der Waals surface area contributed by atoms with Crippen molar-refractivity contribution in [2.45, 2.75) is 25.4 Å². The van der Waals surface area contributed by atoms with E-state index in [2.05, 4.69) is 21.7 Å². The summed E-state index contributed by atoms with van der Waals surface area (Å²) >= 11 is 0. The number of nitro groups is 1. The van der Waals surface area contributed by atoms with E-state index in [4.69, 9.17) is 19.8 Å². The summed E-state index contributed by atoms with van der Waals surface area (Å²) in [5.41, 5.74) is 1.23. The molecule has 29 heavy (non-hydrogen) atoms. The molecule has 2 N–H and O–H groups in total. The molecular weight excluding hydrogens is 380 g/mol. The minimum atomic E-state index is -1.82. The van der Waals surface area contributed by atoms with Gasteiger partial charge in [0.05, 0.1) is 4.92 Å². The van der Waals surface area contributed by atoms with E-state index < -0.39 is 11.9 Å². The Morgan fingerprint density at radius 2 is 1.66 bits per heavy atom. The van der Waals surface area contributed by atoms with Crippen molar-refractivity contribution in [2.24, 2.45) is 0 Å². The van der Waals surface area contributed by atoms with E-state index in [1.54, 1.807) is 18.2 Å². The van der Waals surface area contributed by atoms with Crippen molar-refractivity contribution in [1.29, 1.82) is 0 Å². The summed E-state index contributed by atoms with van der Waals surface area (Å²) in [4.78, 5) is 36.2. The van der Waals surface area contributed by atoms with E-state index in [-0.39, 0.29) is 10.6 Å². The predicted octanol–water partition coefficient (Wildman–Crippen LogP) is 0.962. The van der Waals surface area contributed by atoms with E-state index in [1.807, 2.05) is 6.07 Å². The molecule has 2 saturated heterocycles. The van der Waals surface area contributed by atoms with Crippen molar-refractivity contribution < 1.29 is 24.7 Å². The average Bonchev–Trinajstić information content (AvgIpc) is 2.70. The summed E-state index contributed by atoms with van der Waals surface area (Å²) < 4.78 is 0. The molecule has 2 aliphatic rings. The van der Waals surface area contributed by atoms with E-state index in [9.17, 15) is 10.1 Å². The minimum absolute atomic E-state index is 0.190. The lowest BCUT2D eigenvalue weighted by Gasteiger charge is -2.42. The maximum absolute atomic E-state index is 10.9. The van der Waals surface area contributed by atoms with Gasteiger partial charge in [0.2, 0.25) is 0 Å². The topological polar surface area (TPSA) is 127 Å². The second kappa shape index (κ2) is 10.8. The third kappa shape index (κ3) is 7.41. The second-order valence-electron chi connectivity index (χ2n) is 7.38. The highest BCUT2D eigenvalue weighted by Gasteiger charge is 2.26. The van der Waals surface area contributed by atoms with Crippen LogP contribution in [0.25, 0.3) is 0 Å². The molecule has 2 heterocycles. The smallest absolute Gasteiger partial charge is 0.414 e. The number of carbonyl (C=O) groups is 2. The van der Waals surface area contributed by atoms with Gasteiger partial charge in [0.15, 0.2) is 0 Å². The number of benzene rings is 1. The van der Waals surface area contributed by atoms with Gasteiger partial charge in [0, 0.05) is 50.9 Å². The van der Waals surface area contributed by atoms with Crippen LogP contribution >= 0.6 is 0 Å². The van der Waals surface area contributed by atoms with Crippen molar-refractivity contribution in [3.8, 4) is 0 Å². The fraction of sp³-hybridized carbons (Fsp3) is 0.579. The summed E-state index contributed by atoms with van der Waals surface area (Å²) in [5, 5.41) is 25.7. The number of likely N-dealkylation sites (N-methyl/N-ethyl adjacent to an activating group) is 1. The van der Waals surface area contributed by atoms with Crippen LogP contribution in [0.15, 0.2) is 24.3 Å². The molecule has 10 nitrogen and oxygen atoms in total. The standard InChI is InChI=1S/C17H26N4O2.C2H2O4/c1-18-9-11-20(12-10-18)16-5-7-19(8-6-16)14-15-3-2-4-17(13-15)21(22)23;3-1(4)2(5)6/h2-4,13,16H,5-12,14H2,1H3;(H,3,4)(H,5,6). The molecule has 0 spiro atoms. The van der Waals surface area contributed by atoms with E-state index >= 15 is 0 Å². The molecular formula is C19H28N4O6. The second-order valence-corrected chi connectivity index (χ2v) is 7.38. The highest BCUT2D eigenvalue weighted by molar-refractivity contribution is 6.27. The highest BCUT2D eigenvalue weighted by Crippen LogP contribution is 2.21. The van der Waals surface area contributed by atoms with Gasteiger partial charge in [-0.3, -0.25) is 19.9 Å². The lowest BCUT2D eigenvalue weighted by atomic mass is 10.0. The van der Waals surface area contributed by atoms with Gasteiger partial charge in [-0.2, -0.15) is 0 Å². The molecule has 160 valence electrons. The molecule has 1 aromatic rings. The summed E-state index contributed by atoms with van der Waals surface area (Å²) in [7, 11) is 2.19. The Morgan fingerprint density at radius 3 is 2.17 bits per heavy atom. The first-order valence-electron chi connectivity index (χ1n) is 9.60. The van der Waals surface area contributed by atoms with E-state index in [0.29, 0.717) is 6.04 Å². The minimum Gasteiger partial charge on any atom is -0.473 e. The SMILES string of the molecule is CN1CCN(C2CCN(Cc3cccc([N+](=O)[O-])c3)CC2)CC1.O=C(O)C(=O)O. The molecule has 10 heteroatoms. The van der Waals surface area contributed by atoms with Crippen molar-refractivity contribution in [2.75, 3.05) is 46.3 Å². The van der Waals surface area contributed by atoms with Crippen LogP contribution in [0.2, 0.25) is 0 Å². The Balaban J connectivity index is 0.000000438. The van der Waals surface area contributed by atoms with Crippen LogP contribution in [0.3, 0.4) is 0 Å². The molecule has 0 aromatic heterocycles. The average molecular weight is 408 g/mol. The van der Waals surface area contributed by atoms with Gasteiger partial charge in [0.25, 0.3) is 5.69 Å². The van der Waals surface area contributed by atoms with E-state index in [0.717, 1.165) is 25.2 Å². The summed E-state index contributed by atoms with van der Waals surface area (Å²) in [5.74, 6) is -3.65. The zero-order valence-electron chi connectivity index (χ0n) is 16.6. The first kappa shape index (κ1) is 22.7. The number of piperazine rings is 1. The van der Waals surface area contributed by atoms with Gasteiger partial charge in [-0.05, 0) is 38.5 Å². The largest absolute Gasteiger partial charge is 0.473 e. The van der Waals surface area contributed by atoms with Gasteiger partial charge in [-0.25, -0.2) is 9.59 Å². The third-order valence-corrected chi connectivity index (χ3v) is 5.32. The molecule has 0 saturated carbocycles. The van der Waals surface area contributed by atoms with Gasteiger partial charge in [0.1, 0.15) is 0 Å². The number of non-ortho nitro benzene ring substituents is 1. The number of rotatable bonds is 4. The molecule has 0 amide bonds. The molecule has 0 bridgehead atoms. The Hall–Kier alpha value is -2.56. The number of carboxylic acid groups (broad SMARTS) is 2. The van der Waals surface area contributed by atoms with Crippen LogP contribution in [0.4, 0.5) is 5.69 Å². The molecule has 2 aliphatic heterocycles. The fourth-order valence-corrected chi connectivity index (χ4v) is 3.66. The molecule has 0 aliphatic carbocycles. The number of hydrogen-bond donors (Lipinski definition) is 2. The molecule has 0 atom stereocenters. The van der Waals surface area contributed by atoms with Crippen molar-refractivity contribution >= 4 is 17.6 Å². The van der Waals surface area contributed by atoms with Crippen LogP contribution in [0, 0.1) is 10.1 Å². The van der Waals surface area contributed by atoms with Crippen LogP contribution in [-0.4, -0.2) is 94.1 Å². The van der Waals surface area contributed by atoms with Crippen molar-refractivity contribution in [3.63, 3.8) is 0 Å². The quantitative estimate of drug-likeness (QED) is 0.425. The summed E-state index contributed by atoms with van der Waals surface area (Å²) in [6.45, 7) is 7.70. The summed E-state index contributed by atoms with van der Waals surface area (Å²) in [6, 6.07) is 7.74. The first-order valence-corrected chi connectivity index (χ1v) is 9.60. The number of piperidine rings is 1. The normalized spacial score (nSPS) is 19.2. The highest BCUT2D eigenvalue weighted by atomic mass is 16.6. The number of nitrogens with zero attached hydrogens (tertiary/aromatic N) is 4. The maximum Gasteiger partial charge on any atom is 0.414 e. The van der Waals surface area contributed by atoms with Crippen LogP contribution in [0.1, 0.15) is 18.4 Å². The number of aliphatic carboxylic acids is 2. The molecule has 1 aromatic carbocycles. The van der Waals surface area contributed by atoms with Gasteiger partial charge in [-0.1, -0.05) is 12.1 Å². The van der Waals surface area contributed by atoms with Crippen LogP contribution in [0.5, 0.6) is 0 Å². The van der Waals surface area contributed by atoms with Gasteiger partial charge < -0.3 is 15.1 Å².